The largest absolute Gasteiger partial charge is 0.342 e. The minimum Gasteiger partial charge on any atom is -0.342 e. The first-order chi connectivity index (χ1) is 8.68. The van der Waals surface area contributed by atoms with E-state index < -0.39 is 0 Å². The first kappa shape index (κ1) is 13.0. The molecule has 0 radical (unpaired) electrons. The van der Waals surface area contributed by atoms with E-state index in [0.29, 0.717) is 4.88 Å². The number of thiophene rings is 1. The van der Waals surface area contributed by atoms with Crippen LogP contribution in [0.5, 0.6) is 0 Å². The van der Waals surface area contributed by atoms with Gasteiger partial charge < -0.3 is 15.5 Å². The molecule has 2 heterocycles. The number of hydrogen-bond acceptors (Lipinski definition) is 4. The van der Waals surface area contributed by atoms with Gasteiger partial charge >= 0.3 is 0 Å². The van der Waals surface area contributed by atoms with Gasteiger partial charge in [-0.2, -0.15) is 0 Å². The number of carbonyl (C=O) groups is 2. The van der Waals surface area contributed by atoms with Crippen molar-refractivity contribution in [3.8, 4) is 0 Å². The van der Waals surface area contributed by atoms with E-state index in [9.17, 15) is 9.59 Å². The van der Waals surface area contributed by atoms with E-state index in [1.165, 1.54) is 11.3 Å². The Morgan fingerprint density at radius 2 is 2.44 bits per heavy atom. The third-order valence-electron chi connectivity index (χ3n) is 3.12. The van der Waals surface area contributed by atoms with Gasteiger partial charge in [-0.25, -0.2) is 0 Å². The van der Waals surface area contributed by atoms with Crippen LogP contribution in [0.3, 0.4) is 0 Å². The molecule has 18 heavy (non-hydrogen) atoms. The van der Waals surface area contributed by atoms with Crippen molar-refractivity contribution in [2.75, 3.05) is 26.7 Å². The van der Waals surface area contributed by atoms with Crippen LogP contribution in [0.25, 0.3) is 0 Å². The van der Waals surface area contributed by atoms with Gasteiger partial charge in [-0.3, -0.25) is 9.59 Å². The standard InChI is InChI=1S/C12H17N3O2S/c1-15(9-4-5-13-7-9)11(16)8-14-12(17)10-3-2-6-18-10/h2-3,6,9,13H,4-5,7-8H2,1H3,(H,14,17). The lowest BCUT2D eigenvalue weighted by Crippen LogP contribution is -2.44. The molecule has 6 heteroatoms. The fourth-order valence-corrected chi connectivity index (χ4v) is 2.59. The molecular formula is C12H17N3O2S. The zero-order valence-electron chi connectivity index (χ0n) is 10.3. The number of likely N-dealkylation sites (N-methyl/N-ethyl adjacent to an activating group) is 1. The molecule has 1 atom stereocenters. The van der Waals surface area contributed by atoms with Crippen LogP contribution in [-0.2, 0) is 4.79 Å². The molecule has 0 spiro atoms. The lowest BCUT2D eigenvalue weighted by molar-refractivity contribution is -0.130. The highest BCUT2D eigenvalue weighted by Gasteiger charge is 2.23. The van der Waals surface area contributed by atoms with Gasteiger partial charge in [-0.15, -0.1) is 11.3 Å². The molecule has 1 aliphatic rings. The summed E-state index contributed by atoms with van der Waals surface area (Å²) in [4.78, 5) is 25.9. The van der Waals surface area contributed by atoms with Gasteiger partial charge in [-0.05, 0) is 24.4 Å². The van der Waals surface area contributed by atoms with E-state index in [1.54, 1.807) is 18.0 Å². The van der Waals surface area contributed by atoms with Crippen molar-refractivity contribution in [3.63, 3.8) is 0 Å². The highest BCUT2D eigenvalue weighted by molar-refractivity contribution is 7.12. The maximum absolute atomic E-state index is 11.9. The highest BCUT2D eigenvalue weighted by atomic mass is 32.1. The van der Waals surface area contributed by atoms with Crippen molar-refractivity contribution in [3.05, 3.63) is 22.4 Å². The zero-order valence-corrected chi connectivity index (χ0v) is 11.1. The Morgan fingerprint density at radius 3 is 3.06 bits per heavy atom. The molecule has 2 amide bonds. The Hall–Kier alpha value is -1.40. The van der Waals surface area contributed by atoms with Gasteiger partial charge in [0.1, 0.15) is 0 Å². The van der Waals surface area contributed by atoms with Crippen LogP contribution in [-0.4, -0.2) is 49.4 Å². The van der Waals surface area contributed by atoms with Crippen molar-refractivity contribution in [2.45, 2.75) is 12.5 Å². The lowest BCUT2D eigenvalue weighted by atomic mass is 10.2. The molecular weight excluding hydrogens is 250 g/mol. The van der Waals surface area contributed by atoms with E-state index in [1.807, 2.05) is 11.4 Å². The van der Waals surface area contributed by atoms with Gasteiger partial charge in [-0.1, -0.05) is 6.07 Å². The van der Waals surface area contributed by atoms with Crippen LogP contribution >= 0.6 is 11.3 Å². The molecule has 1 fully saturated rings. The number of nitrogens with one attached hydrogen (secondary N) is 2. The molecule has 98 valence electrons. The minimum absolute atomic E-state index is 0.0476. The summed E-state index contributed by atoms with van der Waals surface area (Å²) in [6.45, 7) is 1.84. The maximum atomic E-state index is 11.9. The highest BCUT2D eigenvalue weighted by Crippen LogP contribution is 2.08. The number of amides is 2. The Kier molecular flexibility index (Phi) is 4.33. The first-order valence-corrected chi connectivity index (χ1v) is 6.84. The molecule has 1 aromatic heterocycles. The Morgan fingerprint density at radius 1 is 1.61 bits per heavy atom. The summed E-state index contributed by atoms with van der Waals surface area (Å²) in [5.74, 6) is -0.232. The molecule has 0 aliphatic carbocycles. The SMILES string of the molecule is CN(C(=O)CNC(=O)c1cccs1)C1CCNC1. The van der Waals surface area contributed by atoms with E-state index >= 15 is 0 Å². The van der Waals surface area contributed by atoms with Gasteiger partial charge in [0.2, 0.25) is 5.91 Å². The second-order valence-corrected chi connectivity index (χ2v) is 5.26. The van der Waals surface area contributed by atoms with E-state index in [2.05, 4.69) is 10.6 Å². The molecule has 2 N–H and O–H groups in total. The van der Waals surface area contributed by atoms with Crippen molar-refractivity contribution in [1.29, 1.82) is 0 Å². The van der Waals surface area contributed by atoms with Crippen molar-refractivity contribution in [2.24, 2.45) is 0 Å². The van der Waals surface area contributed by atoms with Gasteiger partial charge in [0.25, 0.3) is 5.91 Å². The fourth-order valence-electron chi connectivity index (χ4n) is 1.95. The van der Waals surface area contributed by atoms with Crippen LogP contribution in [0, 0.1) is 0 Å². The lowest BCUT2D eigenvalue weighted by Gasteiger charge is -2.23. The monoisotopic (exact) mass is 267 g/mol. The first-order valence-electron chi connectivity index (χ1n) is 5.96. The summed E-state index contributed by atoms with van der Waals surface area (Å²) in [6, 6.07) is 3.81. The third-order valence-corrected chi connectivity index (χ3v) is 3.99. The molecule has 1 saturated heterocycles. The second kappa shape index (κ2) is 5.97. The van der Waals surface area contributed by atoms with Crippen molar-refractivity contribution < 1.29 is 9.59 Å². The Bertz CT molecular complexity index is 413. The average molecular weight is 267 g/mol. The van der Waals surface area contributed by atoms with Crippen LogP contribution in [0.2, 0.25) is 0 Å². The Labute approximate surface area is 110 Å². The third kappa shape index (κ3) is 3.08. The molecule has 0 saturated carbocycles. The molecule has 5 nitrogen and oxygen atoms in total. The summed E-state index contributed by atoms with van der Waals surface area (Å²) in [5, 5.41) is 7.71. The smallest absolute Gasteiger partial charge is 0.261 e. The normalized spacial score (nSPS) is 18.6. The molecule has 0 bridgehead atoms. The van der Waals surface area contributed by atoms with Gasteiger partial charge in [0, 0.05) is 19.6 Å². The molecule has 1 aromatic rings. The predicted molar refractivity (Wildman–Crippen MR) is 70.7 cm³/mol. The molecule has 0 aromatic carbocycles. The van der Waals surface area contributed by atoms with Crippen molar-refractivity contribution >= 4 is 23.2 Å². The summed E-state index contributed by atoms with van der Waals surface area (Å²) in [7, 11) is 1.79. The number of carbonyl (C=O) groups excluding carboxylic acids is 2. The summed E-state index contributed by atoms with van der Waals surface area (Å²) in [5.41, 5.74) is 0. The van der Waals surface area contributed by atoms with Crippen molar-refractivity contribution in [1.82, 2.24) is 15.5 Å². The average Bonchev–Trinajstić information content (AvgIpc) is 3.05. The second-order valence-electron chi connectivity index (χ2n) is 4.31. The zero-order chi connectivity index (χ0) is 13.0. The maximum Gasteiger partial charge on any atom is 0.261 e. The summed E-state index contributed by atoms with van der Waals surface area (Å²) >= 11 is 1.37. The molecule has 2 rings (SSSR count). The van der Waals surface area contributed by atoms with Crippen LogP contribution in [0.4, 0.5) is 0 Å². The number of nitrogens with zero attached hydrogens (tertiary/aromatic N) is 1. The van der Waals surface area contributed by atoms with E-state index in [-0.39, 0.29) is 24.4 Å². The topological polar surface area (TPSA) is 61.4 Å². The fraction of sp³-hybridized carbons (Fsp3) is 0.500. The molecule has 1 aliphatic heterocycles. The predicted octanol–water partition coefficient (Wildman–Crippen LogP) is 0.298. The van der Waals surface area contributed by atoms with Crippen LogP contribution < -0.4 is 10.6 Å². The van der Waals surface area contributed by atoms with Gasteiger partial charge in [0.05, 0.1) is 11.4 Å². The minimum atomic E-state index is -0.184. The van der Waals surface area contributed by atoms with Crippen LogP contribution in [0.15, 0.2) is 17.5 Å². The summed E-state index contributed by atoms with van der Waals surface area (Å²) in [6.07, 6.45) is 0.973. The quantitative estimate of drug-likeness (QED) is 0.825. The number of rotatable bonds is 4. The Balaban J connectivity index is 1.79. The van der Waals surface area contributed by atoms with E-state index in [4.69, 9.17) is 0 Å². The van der Waals surface area contributed by atoms with Gasteiger partial charge in [0.15, 0.2) is 0 Å². The summed E-state index contributed by atoms with van der Waals surface area (Å²) < 4.78 is 0. The van der Waals surface area contributed by atoms with Crippen LogP contribution in [0.1, 0.15) is 16.1 Å². The number of hydrogen-bond donors (Lipinski definition) is 2. The van der Waals surface area contributed by atoms with E-state index in [0.717, 1.165) is 19.5 Å². The molecule has 1 unspecified atom stereocenters.